The number of hydrogen-bond donors (Lipinski definition) is 0. The van der Waals surface area contributed by atoms with E-state index in [0.29, 0.717) is 6.54 Å². The molecule has 0 amide bonds. The van der Waals surface area contributed by atoms with Crippen molar-refractivity contribution in [2.75, 3.05) is 6.54 Å². The summed E-state index contributed by atoms with van der Waals surface area (Å²) >= 11 is 3.45. The standard InChI is InChI=1S/C10H10BrNO/c1-8(6-12-7-13)9-4-2-3-5-10(9)11/h2-5,8H,6H2,1H3. The van der Waals surface area contributed by atoms with Crippen molar-refractivity contribution in [1.29, 1.82) is 0 Å². The van der Waals surface area contributed by atoms with Crippen LogP contribution in [0, 0.1) is 0 Å². The number of halogens is 1. The summed E-state index contributed by atoms with van der Waals surface area (Å²) in [5.74, 6) is 0.247. The maximum atomic E-state index is 9.92. The van der Waals surface area contributed by atoms with Crippen LogP contribution < -0.4 is 0 Å². The number of benzene rings is 1. The van der Waals surface area contributed by atoms with E-state index in [1.54, 1.807) is 6.08 Å². The van der Waals surface area contributed by atoms with Gasteiger partial charge in [-0.15, -0.1) is 0 Å². The van der Waals surface area contributed by atoms with Crippen molar-refractivity contribution >= 4 is 22.0 Å². The molecular weight excluding hydrogens is 230 g/mol. The van der Waals surface area contributed by atoms with Gasteiger partial charge in [0, 0.05) is 10.4 Å². The van der Waals surface area contributed by atoms with Gasteiger partial charge >= 0.3 is 0 Å². The zero-order valence-electron chi connectivity index (χ0n) is 7.33. The molecule has 13 heavy (non-hydrogen) atoms. The minimum atomic E-state index is 0.247. The van der Waals surface area contributed by atoms with Crippen LogP contribution in [0.4, 0.5) is 0 Å². The first-order valence-electron chi connectivity index (χ1n) is 4.03. The van der Waals surface area contributed by atoms with Gasteiger partial charge in [0.05, 0.1) is 6.54 Å². The van der Waals surface area contributed by atoms with Crippen LogP contribution >= 0.6 is 15.9 Å². The van der Waals surface area contributed by atoms with Crippen molar-refractivity contribution in [3.8, 4) is 0 Å². The molecule has 0 saturated heterocycles. The molecule has 0 spiro atoms. The Kier molecular flexibility index (Phi) is 3.87. The lowest BCUT2D eigenvalue weighted by Gasteiger charge is -2.09. The first-order valence-corrected chi connectivity index (χ1v) is 4.83. The van der Waals surface area contributed by atoms with Gasteiger partial charge in [-0.05, 0) is 11.6 Å². The number of nitrogens with zero attached hydrogens (tertiary/aromatic N) is 1. The minimum Gasteiger partial charge on any atom is -0.211 e. The summed E-state index contributed by atoms with van der Waals surface area (Å²) in [4.78, 5) is 13.5. The molecule has 0 radical (unpaired) electrons. The first kappa shape index (κ1) is 10.2. The number of aliphatic imine (C=N–C) groups is 1. The highest BCUT2D eigenvalue weighted by Gasteiger charge is 2.07. The molecule has 0 N–H and O–H groups in total. The van der Waals surface area contributed by atoms with Gasteiger partial charge in [0.25, 0.3) is 0 Å². The van der Waals surface area contributed by atoms with Crippen LogP contribution in [0.3, 0.4) is 0 Å². The molecule has 0 bridgehead atoms. The van der Waals surface area contributed by atoms with Crippen molar-refractivity contribution < 1.29 is 4.79 Å². The summed E-state index contributed by atoms with van der Waals surface area (Å²) < 4.78 is 1.06. The largest absolute Gasteiger partial charge is 0.234 e. The summed E-state index contributed by atoms with van der Waals surface area (Å²) in [7, 11) is 0. The highest BCUT2D eigenvalue weighted by Crippen LogP contribution is 2.24. The fourth-order valence-corrected chi connectivity index (χ4v) is 1.82. The highest BCUT2D eigenvalue weighted by molar-refractivity contribution is 9.10. The predicted octanol–water partition coefficient (Wildman–Crippen LogP) is 2.89. The van der Waals surface area contributed by atoms with Crippen LogP contribution in [-0.2, 0) is 4.79 Å². The summed E-state index contributed by atoms with van der Waals surface area (Å²) in [6.45, 7) is 2.52. The molecule has 0 fully saturated rings. The van der Waals surface area contributed by atoms with Crippen molar-refractivity contribution in [3.05, 3.63) is 34.3 Å². The van der Waals surface area contributed by atoms with Crippen LogP contribution in [0.5, 0.6) is 0 Å². The third-order valence-corrected chi connectivity index (χ3v) is 2.59. The molecule has 0 aromatic heterocycles. The molecule has 1 rings (SSSR count). The fraction of sp³-hybridized carbons (Fsp3) is 0.300. The van der Waals surface area contributed by atoms with E-state index < -0.39 is 0 Å². The predicted molar refractivity (Wildman–Crippen MR) is 55.5 cm³/mol. The maximum absolute atomic E-state index is 9.92. The average molecular weight is 240 g/mol. The SMILES string of the molecule is CC(CN=C=O)c1ccccc1Br. The molecule has 1 aromatic rings. The van der Waals surface area contributed by atoms with Crippen LogP contribution in [-0.4, -0.2) is 12.6 Å². The molecule has 3 heteroatoms. The fourth-order valence-electron chi connectivity index (χ4n) is 1.15. The Balaban J connectivity index is 2.81. The third kappa shape index (κ3) is 2.79. The number of rotatable bonds is 3. The van der Waals surface area contributed by atoms with Crippen molar-refractivity contribution in [1.82, 2.24) is 0 Å². The van der Waals surface area contributed by atoms with Crippen molar-refractivity contribution in [3.63, 3.8) is 0 Å². The van der Waals surface area contributed by atoms with E-state index >= 15 is 0 Å². The number of isocyanates is 1. The summed E-state index contributed by atoms with van der Waals surface area (Å²) in [5.41, 5.74) is 1.17. The van der Waals surface area contributed by atoms with Gasteiger partial charge in [0.2, 0.25) is 6.08 Å². The molecule has 0 aliphatic heterocycles. The van der Waals surface area contributed by atoms with E-state index in [1.165, 1.54) is 5.56 Å². The van der Waals surface area contributed by atoms with Crippen LogP contribution in [0.1, 0.15) is 18.4 Å². The van der Waals surface area contributed by atoms with Crippen LogP contribution in [0.15, 0.2) is 33.7 Å². The van der Waals surface area contributed by atoms with Crippen molar-refractivity contribution in [2.45, 2.75) is 12.8 Å². The van der Waals surface area contributed by atoms with Gasteiger partial charge in [0.15, 0.2) is 0 Å². The smallest absolute Gasteiger partial charge is 0.211 e. The Hall–Kier alpha value is -0.920. The van der Waals surface area contributed by atoms with Gasteiger partial charge < -0.3 is 0 Å². The van der Waals surface area contributed by atoms with Gasteiger partial charge in [-0.2, -0.15) is 0 Å². The molecule has 1 aromatic carbocycles. The van der Waals surface area contributed by atoms with Crippen molar-refractivity contribution in [2.24, 2.45) is 4.99 Å². The second kappa shape index (κ2) is 4.95. The van der Waals surface area contributed by atoms with E-state index in [4.69, 9.17) is 0 Å². The second-order valence-electron chi connectivity index (χ2n) is 2.85. The average Bonchev–Trinajstić information content (AvgIpc) is 2.15. The summed E-state index contributed by atoms with van der Waals surface area (Å²) in [6, 6.07) is 7.94. The first-order chi connectivity index (χ1) is 6.25. The Morgan fingerprint density at radius 1 is 1.54 bits per heavy atom. The molecule has 0 aliphatic carbocycles. The zero-order chi connectivity index (χ0) is 9.68. The minimum absolute atomic E-state index is 0.247. The highest BCUT2D eigenvalue weighted by atomic mass is 79.9. The van der Waals surface area contributed by atoms with E-state index in [0.717, 1.165) is 4.47 Å². The lowest BCUT2D eigenvalue weighted by atomic mass is 10.0. The molecule has 0 aliphatic rings. The van der Waals surface area contributed by atoms with E-state index in [9.17, 15) is 4.79 Å². The summed E-state index contributed by atoms with van der Waals surface area (Å²) in [6.07, 6.45) is 1.55. The Morgan fingerprint density at radius 2 is 2.23 bits per heavy atom. The van der Waals surface area contributed by atoms with E-state index in [2.05, 4.69) is 20.9 Å². The monoisotopic (exact) mass is 239 g/mol. The van der Waals surface area contributed by atoms with Crippen LogP contribution in [0.2, 0.25) is 0 Å². The molecule has 0 saturated carbocycles. The van der Waals surface area contributed by atoms with Crippen LogP contribution in [0.25, 0.3) is 0 Å². The Labute approximate surface area is 85.8 Å². The third-order valence-electron chi connectivity index (χ3n) is 1.87. The van der Waals surface area contributed by atoms with Gasteiger partial charge in [-0.3, -0.25) is 0 Å². The van der Waals surface area contributed by atoms with E-state index in [-0.39, 0.29) is 5.92 Å². The van der Waals surface area contributed by atoms with E-state index in [1.807, 2.05) is 31.2 Å². The lowest BCUT2D eigenvalue weighted by molar-refractivity contribution is 0.561. The number of hydrogen-bond acceptors (Lipinski definition) is 2. The Bertz CT molecular complexity index is 331. The molecule has 0 heterocycles. The normalized spacial score (nSPS) is 11.8. The molecule has 1 atom stereocenters. The summed E-state index contributed by atoms with van der Waals surface area (Å²) in [5, 5.41) is 0. The van der Waals surface area contributed by atoms with Gasteiger partial charge in [-0.25, -0.2) is 9.79 Å². The molecule has 2 nitrogen and oxygen atoms in total. The number of carbonyl (C=O) groups excluding carboxylic acids is 1. The molecule has 1 unspecified atom stereocenters. The quantitative estimate of drug-likeness (QED) is 0.590. The second-order valence-corrected chi connectivity index (χ2v) is 3.71. The topological polar surface area (TPSA) is 29.4 Å². The Morgan fingerprint density at radius 3 is 2.85 bits per heavy atom. The van der Waals surface area contributed by atoms with Gasteiger partial charge in [-0.1, -0.05) is 41.1 Å². The molecular formula is C10H10BrNO. The molecule has 68 valence electrons. The van der Waals surface area contributed by atoms with Gasteiger partial charge in [0.1, 0.15) is 0 Å². The maximum Gasteiger partial charge on any atom is 0.234 e. The lowest BCUT2D eigenvalue weighted by Crippen LogP contribution is -1.98. The zero-order valence-corrected chi connectivity index (χ0v) is 8.91.